The number of halogens is 1. The summed E-state index contributed by atoms with van der Waals surface area (Å²) < 4.78 is 15.9. The minimum Gasteiger partial charge on any atom is -0.369 e. The van der Waals surface area contributed by atoms with Crippen LogP contribution in [0, 0.1) is 5.92 Å². The van der Waals surface area contributed by atoms with Gasteiger partial charge in [0.1, 0.15) is 0 Å². The highest BCUT2D eigenvalue weighted by Gasteiger charge is 2.44. The molecule has 2 aliphatic rings. The Morgan fingerprint density at radius 1 is 1.32 bits per heavy atom. The molecule has 2 unspecified atom stereocenters. The van der Waals surface area contributed by atoms with Gasteiger partial charge in [-0.2, -0.15) is 0 Å². The van der Waals surface area contributed by atoms with Crippen molar-refractivity contribution in [2.24, 2.45) is 11.7 Å². The standard InChI is InChI=1S/C15H15FN4OS/c16-10-7-11(8-4-2-1-3-5-8)20-14(10)18-15(19-20)22-12-6-9(12)13(17)21/h1-5,9-12H,6-7H2,(H2,17,21)/t9?,10-,11-,12?/m0/s1. The van der Waals surface area contributed by atoms with Crippen LogP contribution in [0.4, 0.5) is 4.39 Å². The SMILES string of the molecule is NC(=O)C1CC1Sc1nc2n(n1)[C@H](c1ccccc1)C[C@@H]2F. The fraction of sp³-hybridized carbons (Fsp3) is 0.400. The van der Waals surface area contributed by atoms with Crippen molar-refractivity contribution in [1.82, 2.24) is 14.8 Å². The zero-order valence-corrected chi connectivity index (χ0v) is 12.5. The van der Waals surface area contributed by atoms with Gasteiger partial charge in [0.2, 0.25) is 11.1 Å². The number of hydrogen-bond acceptors (Lipinski definition) is 4. The molecule has 1 aromatic heterocycles. The molecule has 1 fully saturated rings. The van der Waals surface area contributed by atoms with E-state index < -0.39 is 6.17 Å². The van der Waals surface area contributed by atoms with Crippen molar-refractivity contribution in [3.63, 3.8) is 0 Å². The lowest BCUT2D eigenvalue weighted by atomic mass is 10.0. The van der Waals surface area contributed by atoms with E-state index in [1.165, 1.54) is 11.8 Å². The quantitative estimate of drug-likeness (QED) is 0.938. The van der Waals surface area contributed by atoms with Crippen molar-refractivity contribution < 1.29 is 9.18 Å². The molecule has 114 valence electrons. The number of amides is 1. The van der Waals surface area contributed by atoms with Crippen LogP contribution in [0.15, 0.2) is 35.5 Å². The van der Waals surface area contributed by atoms with Crippen LogP contribution >= 0.6 is 11.8 Å². The van der Waals surface area contributed by atoms with Crippen molar-refractivity contribution in [1.29, 1.82) is 0 Å². The number of alkyl halides is 1. The van der Waals surface area contributed by atoms with Gasteiger partial charge < -0.3 is 5.73 Å². The Balaban J connectivity index is 1.57. The van der Waals surface area contributed by atoms with Gasteiger partial charge in [-0.25, -0.2) is 14.1 Å². The molecule has 2 aromatic rings. The number of benzene rings is 1. The van der Waals surface area contributed by atoms with E-state index in [1.54, 1.807) is 4.68 Å². The lowest BCUT2D eigenvalue weighted by Crippen LogP contribution is -2.14. The molecule has 2 N–H and O–H groups in total. The monoisotopic (exact) mass is 318 g/mol. The molecule has 1 amide bonds. The van der Waals surface area contributed by atoms with Crippen LogP contribution in [0.3, 0.4) is 0 Å². The first-order chi connectivity index (χ1) is 10.6. The summed E-state index contributed by atoms with van der Waals surface area (Å²) in [7, 11) is 0. The van der Waals surface area contributed by atoms with E-state index in [0.29, 0.717) is 17.4 Å². The largest absolute Gasteiger partial charge is 0.369 e. The van der Waals surface area contributed by atoms with Gasteiger partial charge in [0.15, 0.2) is 12.0 Å². The van der Waals surface area contributed by atoms with Crippen LogP contribution in [0.5, 0.6) is 0 Å². The second-order valence-corrected chi connectivity index (χ2v) is 6.93. The number of primary amides is 1. The third-order valence-corrected chi connectivity index (χ3v) is 5.39. The second kappa shape index (κ2) is 5.08. The van der Waals surface area contributed by atoms with Crippen LogP contribution in [0.1, 0.15) is 36.4 Å². The van der Waals surface area contributed by atoms with E-state index in [0.717, 1.165) is 12.0 Å². The first-order valence-corrected chi connectivity index (χ1v) is 8.13. The number of carbonyl (C=O) groups excluding carboxylic acids is 1. The molecule has 1 aliphatic carbocycles. The van der Waals surface area contributed by atoms with Crippen LogP contribution in [-0.2, 0) is 4.79 Å². The molecule has 2 heterocycles. The summed E-state index contributed by atoms with van der Waals surface area (Å²) >= 11 is 1.42. The first kappa shape index (κ1) is 13.8. The Morgan fingerprint density at radius 2 is 2.09 bits per heavy atom. The number of nitrogens with two attached hydrogens (primary N) is 1. The fourth-order valence-corrected chi connectivity index (χ4v) is 4.05. The molecule has 5 nitrogen and oxygen atoms in total. The number of hydrogen-bond donors (Lipinski definition) is 1. The molecular weight excluding hydrogens is 303 g/mol. The Bertz CT molecular complexity index is 720. The topological polar surface area (TPSA) is 73.8 Å². The lowest BCUT2D eigenvalue weighted by Gasteiger charge is -2.11. The molecule has 7 heteroatoms. The van der Waals surface area contributed by atoms with E-state index in [9.17, 15) is 9.18 Å². The molecule has 0 spiro atoms. The number of fused-ring (bicyclic) bond motifs is 1. The number of rotatable bonds is 4. The summed E-state index contributed by atoms with van der Waals surface area (Å²) in [6.07, 6.45) is 0.0288. The summed E-state index contributed by atoms with van der Waals surface area (Å²) in [5, 5.41) is 5.12. The number of thioether (sulfide) groups is 1. The molecule has 0 saturated heterocycles. The van der Waals surface area contributed by atoms with E-state index in [-0.39, 0.29) is 23.1 Å². The lowest BCUT2D eigenvalue weighted by molar-refractivity contribution is -0.119. The van der Waals surface area contributed by atoms with Crippen LogP contribution < -0.4 is 5.73 Å². The maximum absolute atomic E-state index is 14.2. The van der Waals surface area contributed by atoms with Crippen LogP contribution in [0.25, 0.3) is 0 Å². The Morgan fingerprint density at radius 3 is 2.77 bits per heavy atom. The molecule has 0 bridgehead atoms. The van der Waals surface area contributed by atoms with E-state index >= 15 is 0 Å². The highest BCUT2D eigenvalue weighted by Crippen LogP contribution is 2.46. The predicted molar refractivity (Wildman–Crippen MR) is 80.0 cm³/mol. The molecule has 0 radical (unpaired) electrons. The van der Waals surface area contributed by atoms with E-state index in [1.807, 2.05) is 30.3 Å². The smallest absolute Gasteiger partial charge is 0.221 e. The maximum Gasteiger partial charge on any atom is 0.221 e. The summed E-state index contributed by atoms with van der Waals surface area (Å²) in [6, 6.07) is 9.66. The minimum atomic E-state index is -1.10. The third kappa shape index (κ3) is 2.29. The van der Waals surface area contributed by atoms with Gasteiger partial charge in [-0.3, -0.25) is 4.79 Å². The first-order valence-electron chi connectivity index (χ1n) is 7.25. The summed E-state index contributed by atoms with van der Waals surface area (Å²) in [6.45, 7) is 0. The van der Waals surface area contributed by atoms with Crippen molar-refractivity contribution in [2.75, 3.05) is 0 Å². The normalized spacial score (nSPS) is 29.3. The highest BCUT2D eigenvalue weighted by molar-refractivity contribution is 8.00. The Hall–Kier alpha value is -1.89. The molecule has 4 rings (SSSR count). The maximum atomic E-state index is 14.2. The summed E-state index contributed by atoms with van der Waals surface area (Å²) in [5.41, 5.74) is 6.31. The van der Waals surface area contributed by atoms with Crippen LogP contribution in [-0.4, -0.2) is 25.9 Å². The van der Waals surface area contributed by atoms with E-state index in [2.05, 4.69) is 10.1 Å². The van der Waals surface area contributed by atoms with Gasteiger partial charge in [-0.1, -0.05) is 42.1 Å². The van der Waals surface area contributed by atoms with Gasteiger partial charge >= 0.3 is 0 Å². The van der Waals surface area contributed by atoms with Crippen molar-refractivity contribution in [3.8, 4) is 0 Å². The van der Waals surface area contributed by atoms with Crippen LogP contribution in [0.2, 0.25) is 0 Å². The average Bonchev–Trinajstić information content (AvgIpc) is 3.05. The molecule has 22 heavy (non-hydrogen) atoms. The van der Waals surface area contributed by atoms with Gasteiger partial charge in [0.25, 0.3) is 0 Å². The third-order valence-electron chi connectivity index (χ3n) is 4.18. The molecular formula is C15H15FN4OS. The van der Waals surface area contributed by atoms with Crippen molar-refractivity contribution in [3.05, 3.63) is 41.7 Å². The molecule has 1 aromatic carbocycles. The van der Waals surface area contributed by atoms with Gasteiger partial charge in [-0.15, -0.1) is 5.10 Å². The van der Waals surface area contributed by atoms with E-state index in [4.69, 9.17) is 5.73 Å². The summed E-state index contributed by atoms with van der Waals surface area (Å²) in [4.78, 5) is 15.4. The molecule has 4 atom stereocenters. The highest BCUT2D eigenvalue weighted by atomic mass is 32.2. The van der Waals surface area contributed by atoms with Crippen molar-refractivity contribution >= 4 is 17.7 Å². The zero-order valence-electron chi connectivity index (χ0n) is 11.7. The average molecular weight is 318 g/mol. The zero-order chi connectivity index (χ0) is 15.3. The number of nitrogens with zero attached hydrogens (tertiary/aromatic N) is 3. The van der Waals surface area contributed by atoms with Gasteiger partial charge in [0.05, 0.1) is 12.0 Å². The minimum absolute atomic E-state index is 0.102. The fourth-order valence-electron chi connectivity index (χ4n) is 2.90. The van der Waals surface area contributed by atoms with Gasteiger partial charge in [0, 0.05) is 11.7 Å². The number of aromatic nitrogens is 3. The van der Waals surface area contributed by atoms with Gasteiger partial charge in [-0.05, 0) is 12.0 Å². The Labute approximate surface area is 131 Å². The summed E-state index contributed by atoms with van der Waals surface area (Å²) in [5.74, 6) is -0.00292. The number of carbonyl (C=O) groups is 1. The predicted octanol–water partition coefficient (Wildman–Crippen LogP) is 2.25. The molecule has 1 aliphatic heterocycles. The Kier molecular flexibility index (Phi) is 3.18. The second-order valence-electron chi connectivity index (χ2n) is 5.73. The molecule has 1 saturated carbocycles. The van der Waals surface area contributed by atoms with Crippen molar-refractivity contribution in [2.45, 2.75) is 35.5 Å².